The third-order valence-electron chi connectivity index (χ3n) is 2.56. The minimum absolute atomic E-state index is 0.117. The molecule has 0 aliphatic carbocycles. The molecule has 0 spiro atoms. The molecule has 0 saturated carbocycles. The van der Waals surface area contributed by atoms with Crippen LogP contribution in [-0.4, -0.2) is 4.98 Å². The van der Waals surface area contributed by atoms with Crippen molar-refractivity contribution in [1.29, 1.82) is 5.26 Å². The van der Waals surface area contributed by atoms with Crippen LogP contribution >= 0.6 is 0 Å². The van der Waals surface area contributed by atoms with Crippen LogP contribution in [0.4, 0.5) is 0 Å². The fraction of sp³-hybridized carbons (Fsp3) is 0.308. The summed E-state index contributed by atoms with van der Waals surface area (Å²) >= 11 is 0. The van der Waals surface area contributed by atoms with Crippen LogP contribution in [0.5, 0.6) is 0 Å². The third kappa shape index (κ3) is 1.73. The quantitative estimate of drug-likeness (QED) is 0.692. The second kappa shape index (κ2) is 3.13. The van der Waals surface area contributed by atoms with Gasteiger partial charge in [-0.3, -0.25) is 0 Å². The molecular formula is C13H14N2. The number of rotatable bonds is 0. The predicted octanol–water partition coefficient (Wildman–Crippen LogP) is 3.34. The van der Waals surface area contributed by atoms with Crippen molar-refractivity contribution in [1.82, 2.24) is 4.98 Å². The number of aromatic nitrogens is 1. The highest BCUT2D eigenvalue weighted by molar-refractivity contribution is 5.82. The molecule has 2 heteroatoms. The average molecular weight is 198 g/mol. The summed E-state index contributed by atoms with van der Waals surface area (Å²) in [4.78, 5) is 3.38. The number of fused-ring (bicyclic) bond motifs is 1. The van der Waals surface area contributed by atoms with Gasteiger partial charge in [-0.25, -0.2) is 0 Å². The van der Waals surface area contributed by atoms with Crippen molar-refractivity contribution in [3.63, 3.8) is 0 Å². The maximum absolute atomic E-state index is 8.80. The van der Waals surface area contributed by atoms with Crippen molar-refractivity contribution < 1.29 is 0 Å². The number of aromatic amines is 1. The molecule has 2 nitrogen and oxygen atoms in total. The van der Waals surface area contributed by atoms with Crippen LogP contribution < -0.4 is 0 Å². The lowest BCUT2D eigenvalue weighted by Gasteiger charge is -2.15. The van der Waals surface area contributed by atoms with Crippen molar-refractivity contribution in [2.45, 2.75) is 26.2 Å². The van der Waals surface area contributed by atoms with E-state index in [0.717, 1.165) is 10.9 Å². The van der Waals surface area contributed by atoms with Gasteiger partial charge in [-0.05, 0) is 24.3 Å². The first-order valence-corrected chi connectivity index (χ1v) is 5.04. The maximum atomic E-state index is 8.80. The Morgan fingerprint density at radius 3 is 2.53 bits per heavy atom. The lowest BCUT2D eigenvalue weighted by molar-refractivity contribution is 0.574. The van der Waals surface area contributed by atoms with Gasteiger partial charge in [0.1, 0.15) is 0 Å². The molecule has 15 heavy (non-hydrogen) atoms. The molecular weight excluding hydrogens is 184 g/mol. The lowest BCUT2D eigenvalue weighted by atomic mass is 9.92. The molecule has 0 aliphatic heterocycles. The van der Waals surface area contributed by atoms with Crippen LogP contribution in [0.25, 0.3) is 10.9 Å². The summed E-state index contributed by atoms with van der Waals surface area (Å²) in [6.07, 6.45) is 0. The largest absolute Gasteiger partial charge is 0.358 e. The SMILES string of the molecule is CC(C)(C)c1cc2cc(C#N)ccc2[nH]1. The van der Waals surface area contributed by atoms with Gasteiger partial charge in [-0.15, -0.1) is 0 Å². The molecule has 0 saturated heterocycles. The summed E-state index contributed by atoms with van der Waals surface area (Å²) < 4.78 is 0. The number of hydrogen-bond donors (Lipinski definition) is 1. The summed E-state index contributed by atoms with van der Waals surface area (Å²) in [5.74, 6) is 0. The first-order chi connectivity index (χ1) is 7.00. The van der Waals surface area contributed by atoms with Gasteiger partial charge in [-0.1, -0.05) is 20.8 Å². The Hall–Kier alpha value is -1.75. The molecule has 0 atom stereocenters. The molecule has 1 aromatic carbocycles. The maximum Gasteiger partial charge on any atom is 0.0991 e. The zero-order valence-corrected chi connectivity index (χ0v) is 9.26. The van der Waals surface area contributed by atoms with Gasteiger partial charge in [0.25, 0.3) is 0 Å². The van der Waals surface area contributed by atoms with Crippen molar-refractivity contribution >= 4 is 10.9 Å². The van der Waals surface area contributed by atoms with Crippen LogP contribution in [0, 0.1) is 11.3 Å². The van der Waals surface area contributed by atoms with E-state index in [1.54, 1.807) is 0 Å². The Morgan fingerprint density at radius 2 is 1.93 bits per heavy atom. The number of benzene rings is 1. The molecule has 0 aliphatic rings. The normalized spacial score (nSPS) is 11.6. The average Bonchev–Trinajstić information content (AvgIpc) is 2.59. The third-order valence-corrected chi connectivity index (χ3v) is 2.56. The van der Waals surface area contributed by atoms with Crippen LogP contribution in [0.15, 0.2) is 24.3 Å². The first kappa shape index (κ1) is 9.79. The van der Waals surface area contributed by atoms with Crippen molar-refractivity contribution in [3.8, 4) is 6.07 Å². The highest BCUT2D eigenvalue weighted by Crippen LogP contribution is 2.26. The van der Waals surface area contributed by atoms with E-state index in [0.29, 0.717) is 5.56 Å². The Morgan fingerprint density at radius 1 is 1.20 bits per heavy atom. The van der Waals surface area contributed by atoms with E-state index >= 15 is 0 Å². The number of hydrogen-bond acceptors (Lipinski definition) is 1. The van der Waals surface area contributed by atoms with Gasteiger partial charge in [0, 0.05) is 22.0 Å². The Bertz CT molecular complexity index is 536. The highest BCUT2D eigenvalue weighted by Gasteiger charge is 2.15. The van der Waals surface area contributed by atoms with Gasteiger partial charge in [-0.2, -0.15) is 5.26 Å². The molecule has 1 aromatic heterocycles. The second-order valence-electron chi connectivity index (χ2n) is 4.85. The molecule has 0 fully saturated rings. The molecule has 0 radical (unpaired) electrons. The fourth-order valence-corrected chi connectivity index (χ4v) is 1.61. The van der Waals surface area contributed by atoms with Gasteiger partial charge in [0.05, 0.1) is 11.6 Å². The minimum Gasteiger partial charge on any atom is -0.358 e. The molecule has 1 N–H and O–H groups in total. The molecule has 1 heterocycles. The number of nitriles is 1. The summed E-state index contributed by atoms with van der Waals surface area (Å²) in [6, 6.07) is 9.99. The molecule has 2 aromatic rings. The zero-order chi connectivity index (χ0) is 11.1. The second-order valence-corrected chi connectivity index (χ2v) is 4.85. The highest BCUT2D eigenvalue weighted by atomic mass is 14.7. The lowest BCUT2D eigenvalue weighted by Crippen LogP contribution is -2.10. The smallest absolute Gasteiger partial charge is 0.0991 e. The van der Waals surface area contributed by atoms with E-state index in [9.17, 15) is 0 Å². The summed E-state index contributed by atoms with van der Waals surface area (Å²) in [5, 5.41) is 9.91. The van der Waals surface area contributed by atoms with Crippen LogP contribution in [0.1, 0.15) is 32.0 Å². The van der Waals surface area contributed by atoms with E-state index in [1.807, 2.05) is 18.2 Å². The summed E-state index contributed by atoms with van der Waals surface area (Å²) in [6.45, 7) is 6.51. The Labute approximate surface area is 89.5 Å². The van der Waals surface area contributed by atoms with E-state index in [4.69, 9.17) is 5.26 Å². The standard InChI is InChI=1S/C13H14N2/c1-13(2,3)12-7-10-6-9(8-14)4-5-11(10)15-12/h4-7,15H,1-3H3. The topological polar surface area (TPSA) is 39.6 Å². The van der Waals surface area contributed by atoms with Crippen molar-refractivity contribution in [2.24, 2.45) is 0 Å². The molecule has 0 unspecified atom stereocenters. The van der Waals surface area contributed by atoms with Crippen LogP contribution in [-0.2, 0) is 5.41 Å². The predicted molar refractivity (Wildman–Crippen MR) is 61.7 cm³/mol. The minimum atomic E-state index is 0.117. The summed E-state index contributed by atoms with van der Waals surface area (Å²) in [5.41, 5.74) is 3.12. The van der Waals surface area contributed by atoms with Crippen molar-refractivity contribution in [2.75, 3.05) is 0 Å². The van der Waals surface area contributed by atoms with Crippen LogP contribution in [0.2, 0.25) is 0 Å². The number of nitrogens with zero attached hydrogens (tertiary/aromatic N) is 1. The number of nitrogens with one attached hydrogen (secondary N) is 1. The fourth-order valence-electron chi connectivity index (χ4n) is 1.61. The monoisotopic (exact) mass is 198 g/mol. The molecule has 0 amide bonds. The Balaban J connectivity index is 2.62. The number of H-pyrrole nitrogens is 1. The molecule has 0 bridgehead atoms. The molecule has 2 rings (SSSR count). The van der Waals surface area contributed by atoms with Gasteiger partial charge >= 0.3 is 0 Å². The van der Waals surface area contributed by atoms with Crippen molar-refractivity contribution in [3.05, 3.63) is 35.5 Å². The first-order valence-electron chi connectivity index (χ1n) is 5.04. The summed E-state index contributed by atoms with van der Waals surface area (Å²) in [7, 11) is 0. The van der Waals surface area contributed by atoms with E-state index in [-0.39, 0.29) is 5.41 Å². The van der Waals surface area contributed by atoms with Gasteiger partial charge < -0.3 is 4.98 Å². The van der Waals surface area contributed by atoms with E-state index in [2.05, 4.69) is 37.9 Å². The Kier molecular flexibility index (Phi) is 2.04. The van der Waals surface area contributed by atoms with Crippen LogP contribution in [0.3, 0.4) is 0 Å². The van der Waals surface area contributed by atoms with E-state index < -0.39 is 0 Å². The van der Waals surface area contributed by atoms with Gasteiger partial charge in [0.15, 0.2) is 0 Å². The zero-order valence-electron chi connectivity index (χ0n) is 9.26. The van der Waals surface area contributed by atoms with E-state index in [1.165, 1.54) is 5.69 Å². The van der Waals surface area contributed by atoms with Gasteiger partial charge in [0.2, 0.25) is 0 Å². The molecule has 76 valence electrons.